The van der Waals surface area contributed by atoms with E-state index >= 15 is 0 Å². The van der Waals surface area contributed by atoms with Gasteiger partial charge in [0.15, 0.2) is 0 Å². The van der Waals surface area contributed by atoms with Gasteiger partial charge in [-0.15, -0.1) is 0 Å². The zero-order valence-electron chi connectivity index (χ0n) is 17.6. The van der Waals surface area contributed by atoms with E-state index in [2.05, 4.69) is 16.3 Å². The van der Waals surface area contributed by atoms with Gasteiger partial charge in [-0.3, -0.25) is 9.59 Å². The molecule has 2 unspecified atom stereocenters. The maximum Gasteiger partial charge on any atom is 0.251 e. The average Bonchev–Trinajstić information content (AvgIpc) is 2.78. The van der Waals surface area contributed by atoms with Gasteiger partial charge in [0.1, 0.15) is 0 Å². The number of nitrogen functional groups attached to an aromatic ring is 1. The molecule has 5 rings (SSSR count). The van der Waals surface area contributed by atoms with Gasteiger partial charge in [0.25, 0.3) is 11.5 Å². The van der Waals surface area contributed by atoms with Crippen molar-refractivity contribution in [2.75, 3.05) is 23.7 Å². The summed E-state index contributed by atoms with van der Waals surface area (Å²) in [7, 11) is 0. The van der Waals surface area contributed by atoms with Crippen LogP contribution in [-0.4, -0.2) is 23.6 Å². The largest absolute Gasteiger partial charge is 0.397 e. The molecule has 3 heterocycles. The Hall–Kier alpha value is -3.25. The summed E-state index contributed by atoms with van der Waals surface area (Å²) in [5.74, 6) is 0.532. The highest BCUT2D eigenvalue weighted by atomic mass is 35.5. The maximum absolute atomic E-state index is 12.6. The van der Waals surface area contributed by atoms with Gasteiger partial charge in [0.05, 0.1) is 11.4 Å². The average molecular weight is 449 g/mol. The summed E-state index contributed by atoms with van der Waals surface area (Å²) in [6.45, 7) is 2.80. The van der Waals surface area contributed by atoms with E-state index in [0.29, 0.717) is 34.7 Å². The fourth-order valence-electron chi connectivity index (χ4n) is 5.01. The molecular formula is C25H25ClN4O2. The molecule has 2 bridgehead atoms. The summed E-state index contributed by atoms with van der Waals surface area (Å²) >= 11 is 6.01. The van der Waals surface area contributed by atoms with Crippen molar-refractivity contribution in [3.63, 3.8) is 0 Å². The van der Waals surface area contributed by atoms with Crippen molar-refractivity contribution in [1.82, 2.24) is 9.88 Å². The number of aromatic nitrogens is 1. The molecule has 0 saturated carbocycles. The Labute approximate surface area is 191 Å². The van der Waals surface area contributed by atoms with E-state index in [9.17, 15) is 9.59 Å². The normalized spacial score (nSPS) is 19.3. The minimum absolute atomic E-state index is 0.0818. The van der Waals surface area contributed by atoms with Gasteiger partial charge in [-0.25, -0.2) is 0 Å². The number of piperidine rings is 1. The lowest BCUT2D eigenvalue weighted by Gasteiger charge is -2.44. The van der Waals surface area contributed by atoms with Crippen molar-refractivity contribution >= 4 is 28.9 Å². The Kier molecular flexibility index (Phi) is 5.39. The second-order valence-electron chi connectivity index (χ2n) is 8.69. The highest BCUT2D eigenvalue weighted by molar-refractivity contribution is 6.30. The molecule has 7 heteroatoms. The molecule has 2 aliphatic rings. The number of fused-ring (bicyclic) bond motifs is 4. The summed E-state index contributed by atoms with van der Waals surface area (Å²) in [6.07, 6.45) is 1.09. The molecule has 2 atom stereocenters. The lowest BCUT2D eigenvalue weighted by molar-refractivity contribution is 0.0951. The first-order valence-electron chi connectivity index (χ1n) is 10.8. The summed E-state index contributed by atoms with van der Waals surface area (Å²) in [5, 5.41) is 3.56. The number of amides is 1. The van der Waals surface area contributed by atoms with E-state index < -0.39 is 0 Å². The molecule has 1 saturated heterocycles. The second-order valence-corrected chi connectivity index (χ2v) is 9.13. The topological polar surface area (TPSA) is 80.4 Å². The van der Waals surface area contributed by atoms with Gasteiger partial charge in [-0.1, -0.05) is 29.8 Å². The molecule has 0 radical (unpaired) electrons. The number of nitrogens with two attached hydrogens (primary N) is 1. The van der Waals surface area contributed by atoms with Crippen LogP contribution in [-0.2, 0) is 13.1 Å². The number of halogens is 1. The maximum atomic E-state index is 12.6. The predicted octanol–water partition coefficient (Wildman–Crippen LogP) is 3.64. The van der Waals surface area contributed by atoms with Gasteiger partial charge in [-0.2, -0.15) is 0 Å². The Morgan fingerprint density at radius 3 is 2.72 bits per heavy atom. The quantitative estimate of drug-likeness (QED) is 0.597. The highest BCUT2D eigenvalue weighted by Crippen LogP contribution is 2.38. The third-order valence-corrected chi connectivity index (χ3v) is 6.69. The molecule has 0 spiro atoms. The first-order chi connectivity index (χ1) is 15.5. The highest BCUT2D eigenvalue weighted by Gasteiger charge is 2.35. The van der Waals surface area contributed by atoms with Crippen molar-refractivity contribution in [2.24, 2.45) is 5.92 Å². The molecular weight excluding hydrogens is 424 g/mol. The van der Waals surface area contributed by atoms with Crippen LogP contribution in [0.15, 0.2) is 65.5 Å². The van der Waals surface area contributed by atoms with Crippen molar-refractivity contribution in [3.8, 4) is 0 Å². The van der Waals surface area contributed by atoms with Gasteiger partial charge >= 0.3 is 0 Å². The fraction of sp³-hybridized carbons (Fsp3) is 0.280. The van der Waals surface area contributed by atoms with Crippen LogP contribution >= 0.6 is 11.6 Å². The minimum Gasteiger partial charge on any atom is -0.397 e. The number of nitrogens with zero attached hydrogens (tertiary/aromatic N) is 2. The number of hydrogen-bond acceptors (Lipinski definition) is 4. The summed E-state index contributed by atoms with van der Waals surface area (Å²) < 4.78 is 1.92. The number of benzene rings is 2. The number of hydrogen-bond donors (Lipinski definition) is 2. The van der Waals surface area contributed by atoms with E-state index in [1.807, 2.05) is 41.0 Å². The summed E-state index contributed by atoms with van der Waals surface area (Å²) in [4.78, 5) is 27.2. The van der Waals surface area contributed by atoms with E-state index in [-0.39, 0.29) is 11.5 Å². The van der Waals surface area contributed by atoms with Crippen molar-refractivity contribution in [1.29, 1.82) is 0 Å². The van der Waals surface area contributed by atoms with E-state index in [4.69, 9.17) is 17.3 Å². The van der Waals surface area contributed by atoms with Crippen LogP contribution in [0.1, 0.15) is 34.0 Å². The molecule has 2 aromatic carbocycles. The zero-order valence-corrected chi connectivity index (χ0v) is 18.4. The van der Waals surface area contributed by atoms with Crippen LogP contribution in [0.3, 0.4) is 0 Å². The number of rotatable bonds is 4. The predicted molar refractivity (Wildman–Crippen MR) is 127 cm³/mol. The van der Waals surface area contributed by atoms with E-state index in [1.165, 1.54) is 0 Å². The molecule has 3 N–H and O–H groups in total. The van der Waals surface area contributed by atoms with Crippen LogP contribution in [0.25, 0.3) is 0 Å². The third kappa shape index (κ3) is 3.98. The molecule has 1 aromatic heterocycles. The molecule has 164 valence electrons. The summed E-state index contributed by atoms with van der Waals surface area (Å²) in [5.41, 5.74) is 10.6. The van der Waals surface area contributed by atoms with Crippen LogP contribution < -0.4 is 21.5 Å². The van der Waals surface area contributed by atoms with Crippen LogP contribution in [0.2, 0.25) is 5.02 Å². The smallest absolute Gasteiger partial charge is 0.251 e. The molecule has 32 heavy (non-hydrogen) atoms. The fourth-order valence-corrected chi connectivity index (χ4v) is 5.22. The van der Waals surface area contributed by atoms with Gasteiger partial charge in [-0.05, 0) is 54.3 Å². The molecule has 2 aliphatic heterocycles. The van der Waals surface area contributed by atoms with Gasteiger partial charge in [0.2, 0.25) is 0 Å². The van der Waals surface area contributed by atoms with Crippen LogP contribution in [0.5, 0.6) is 0 Å². The number of carbonyl (C=O) groups excluding carboxylic acids is 1. The monoisotopic (exact) mass is 448 g/mol. The first-order valence-corrected chi connectivity index (χ1v) is 11.2. The molecule has 1 amide bonds. The van der Waals surface area contributed by atoms with Crippen molar-refractivity contribution in [3.05, 3.63) is 92.9 Å². The van der Waals surface area contributed by atoms with Gasteiger partial charge in [0, 0.05) is 54.4 Å². The first kappa shape index (κ1) is 20.6. The number of pyridine rings is 1. The summed E-state index contributed by atoms with van der Waals surface area (Å²) in [6, 6.07) is 18.5. The minimum atomic E-state index is -0.174. The molecule has 0 aliphatic carbocycles. The van der Waals surface area contributed by atoms with E-state index in [0.717, 1.165) is 43.0 Å². The third-order valence-electron chi connectivity index (χ3n) is 6.45. The van der Waals surface area contributed by atoms with E-state index in [1.54, 1.807) is 18.2 Å². The number of anilines is 2. The van der Waals surface area contributed by atoms with Crippen LogP contribution in [0, 0.1) is 5.92 Å². The van der Waals surface area contributed by atoms with Gasteiger partial charge < -0.3 is 20.5 Å². The molecule has 3 aromatic rings. The SMILES string of the molecule is Nc1cc(C(=O)NCc2cccc(Cl)c2)ccc1N1CC2CC(C1)c1cccc(=O)n1C2. The van der Waals surface area contributed by atoms with Crippen molar-refractivity contribution in [2.45, 2.75) is 25.4 Å². The van der Waals surface area contributed by atoms with Crippen molar-refractivity contribution < 1.29 is 4.79 Å². The van der Waals surface area contributed by atoms with Crippen LogP contribution in [0.4, 0.5) is 11.4 Å². The second kappa shape index (κ2) is 8.36. The molecule has 1 fully saturated rings. The Morgan fingerprint density at radius 2 is 1.91 bits per heavy atom. The lowest BCUT2D eigenvalue weighted by atomic mass is 9.83. The lowest BCUT2D eigenvalue weighted by Crippen LogP contribution is -2.47. The Balaban J connectivity index is 1.31. The number of nitrogens with one attached hydrogen (secondary N) is 1. The Bertz CT molecular complexity index is 1240. The zero-order chi connectivity index (χ0) is 22.2. The standard InChI is InChI=1S/C25H25ClN4O2/c26-20-4-1-3-16(10-20)12-28-25(32)18-7-8-23(21(27)11-18)29-13-17-9-19(15-29)22-5-2-6-24(31)30(22)14-17/h1-8,10-11,17,19H,9,12-15,27H2,(H,28,32). The number of carbonyl (C=O) groups is 1. The molecule has 6 nitrogen and oxygen atoms in total. The Morgan fingerprint density at radius 1 is 1.06 bits per heavy atom.